The zero-order valence-corrected chi connectivity index (χ0v) is 9.51. The minimum Gasteiger partial charge on any atom is -0.504 e. The highest BCUT2D eigenvalue weighted by Gasteiger charge is 2.17. The van der Waals surface area contributed by atoms with E-state index in [1.165, 1.54) is 5.56 Å². The molecule has 1 aromatic carbocycles. The molecule has 1 rings (SSSR count). The molecular weight excluding hydrogens is 176 g/mol. The van der Waals surface area contributed by atoms with Crippen molar-refractivity contribution in [1.29, 1.82) is 0 Å². The van der Waals surface area contributed by atoms with Gasteiger partial charge in [-0.25, -0.2) is 0 Å². The van der Waals surface area contributed by atoms with E-state index in [9.17, 15) is 5.11 Å². The molecule has 78 valence electrons. The summed E-state index contributed by atoms with van der Waals surface area (Å²) >= 11 is 0. The number of aryl methyl sites for hydroxylation is 1. The Kier molecular flexibility index (Phi) is 2.74. The molecule has 0 aromatic heterocycles. The van der Waals surface area contributed by atoms with Gasteiger partial charge < -0.3 is 9.84 Å². The van der Waals surface area contributed by atoms with Gasteiger partial charge in [-0.15, -0.1) is 0 Å². The number of benzene rings is 1. The van der Waals surface area contributed by atoms with E-state index in [1.807, 2.05) is 19.1 Å². The van der Waals surface area contributed by atoms with E-state index >= 15 is 0 Å². The van der Waals surface area contributed by atoms with Crippen LogP contribution in [0, 0.1) is 6.92 Å². The molecule has 0 aliphatic carbocycles. The fourth-order valence-electron chi connectivity index (χ4n) is 1.34. The molecule has 0 unspecified atom stereocenters. The van der Waals surface area contributed by atoms with Crippen molar-refractivity contribution < 1.29 is 9.84 Å². The van der Waals surface area contributed by atoms with Crippen molar-refractivity contribution in [2.24, 2.45) is 0 Å². The lowest BCUT2D eigenvalue weighted by Gasteiger charge is -2.21. The molecule has 0 aliphatic rings. The van der Waals surface area contributed by atoms with Crippen LogP contribution in [0.15, 0.2) is 12.1 Å². The first-order chi connectivity index (χ1) is 6.36. The number of phenols is 1. The quantitative estimate of drug-likeness (QED) is 0.744. The average Bonchev–Trinajstić information content (AvgIpc) is 2.07. The number of hydrogen-bond acceptors (Lipinski definition) is 2. The van der Waals surface area contributed by atoms with Gasteiger partial charge in [0, 0.05) is 0 Å². The van der Waals surface area contributed by atoms with Gasteiger partial charge >= 0.3 is 0 Å². The monoisotopic (exact) mass is 194 g/mol. The van der Waals surface area contributed by atoms with Gasteiger partial charge in [0.2, 0.25) is 0 Å². The van der Waals surface area contributed by atoms with Gasteiger partial charge in [-0.2, -0.15) is 0 Å². The Hall–Kier alpha value is -1.18. The molecule has 0 radical (unpaired) electrons. The highest BCUT2D eigenvalue weighted by Crippen LogP contribution is 2.35. The third-order valence-corrected chi connectivity index (χ3v) is 2.35. The van der Waals surface area contributed by atoms with Gasteiger partial charge in [-0.3, -0.25) is 0 Å². The first-order valence-electron chi connectivity index (χ1n) is 4.74. The van der Waals surface area contributed by atoms with Crippen LogP contribution in [0.4, 0.5) is 0 Å². The van der Waals surface area contributed by atoms with Crippen LogP contribution in [0.25, 0.3) is 0 Å². The molecule has 0 aliphatic heterocycles. The molecule has 2 nitrogen and oxygen atoms in total. The Morgan fingerprint density at radius 1 is 1.21 bits per heavy atom. The number of phenolic OH excluding ortho intramolecular Hbond substituents is 1. The largest absolute Gasteiger partial charge is 0.504 e. The number of rotatable bonds is 1. The molecule has 1 aromatic rings. The maximum Gasteiger partial charge on any atom is 0.161 e. The lowest BCUT2D eigenvalue weighted by molar-refractivity contribution is 0.370. The Morgan fingerprint density at radius 3 is 2.21 bits per heavy atom. The Bertz CT molecular complexity index is 335. The van der Waals surface area contributed by atoms with Crippen molar-refractivity contribution in [2.75, 3.05) is 7.11 Å². The van der Waals surface area contributed by atoms with E-state index in [4.69, 9.17) is 4.74 Å². The van der Waals surface area contributed by atoms with E-state index in [-0.39, 0.29) is 11.2 Å². The fourth-order valence-corrected chi connectivity index (χ4v) is 1.34. The van der Waals surface area contributed by atoms with E-state index in [2.05, 4.69) is 20.8 Å². The van der Waals surface area contributed by atoms with Crippen LogP contribution in [0.5, 0.6) is 11.5 Å². The summed E-state index contributed by atoms with van der Waals surface area (Å²) in [5.74, 6) is 0.787. The summed E-state index contributed by atoms with van der Waals surface area (Å²) in [4.78, 5) is 0. The average molecular weight is 194 g/mol. The summed E-state index contributed by atoms with van der Waals surface area (Å²) in [6.07, 6.45) is 0. The van der Waals surface area contributed by atoms with E-state index < -0.39 is 0 Å². The van der Waals surface area contributed by atoms with Crippen LogP contribution in [0.1, 0.15) is 31.9 Å². The second-order valence-electron chi connectivity index (χ2n) is 4.59. The molecule has 0 spiro atoms. The first-order valence-corrected chi connectivity index (χ1v) is 4.74. The van der Waals surface area contributed by atoms with Crippen molar-refractivity contribution in [1.82, 2.24) is 0 Å². The van der Waals surface area contributed by atoms with Crippen LogP contribution in [0.2, 0.25) is 0 Å². The van der Waals surface area contributed by atoms with Gasteiger partial charge in [-0.1, -0.05) is 26.8 Å². The summed E-state index contributed by atoms with van der Waals surface area (Å²) in [5.41, 5.74) is 2.10. The van der Waals surface area contributed by atoms with Gasteiger partial charge in [0.1, 0.15) is 0 Å². The lowest BCUT2D eigenvalue weighted by Crippen LogP contribution is -2.11. The molecule has 0 heterocycles. The molecule has 1 N–H and O–H groups in total. The van der Waals surface area contributed by atoms with Gasteiger partial charge in [0.15, 0.2) is 11.5 Å². The van der Waals surface area contributed by atoms with Crippen LogP contribution >= 0.6 is 0 Å². The van der Waals surface area contributed by atoms with Crippen LogP contribution in [-0.2, 0) is 5.41 Å². The summed E-state index contributed by atoms with van der Waals surface area (Å²) in [6.45, 7) is 8.29. The Balaban J connectivity index is 3.30. The van der Waals surface area contributed by atoms with Crippen LogP contribution in [0.3, 0.4) is 0 Å². The highest BCUT2D eigenvalue weighted by molar-refractivity contribution is 5.49. The predicted molar refractivity (Wildman–Crippen MR) is 58.1 cm³/mol. The minimum absolute atomic E-state index is 0.0751. The first kappa shape index (κ1) is 10.9. The van der Waals surface area contributed by atoms with Crippen molar-refractivity contribution >= 4 is 0 Å². The normalized spacial score (nSPS) is 11.5. The summed E-state index contributed by atoms with van der Waals surface area (Å²) < 4.78 is 5.11. The standard InChI is InChI=1S/C12H18O2/c1-8-6-9(12(2,3)4)7-10(14-5)11(8)13/h6-7,13H,1-5H3. The molecule has 0 fully saturated rings. The van der Waals surface area contributed by atoms with Crippen molar-refractivity contribution in [3.05, 3.63) is 23.3 Å². The van der Waals surface area contributed by atoms with Crippen molar-refractivity contribution in [3.8, 4) is 11.5 Å². The number of methoxy groups -OCH3 is 1. The number of aromatic hydroxyl groups is 1. The minimum atomic E-state index is 0.0751. The summed E-state index contributed by atoms with van der Waals surface area (Å²) in [5, 5.41) is 9.66. The van der Waals surface area contributed by atoms with Crippen molar-refractivity contribution in [3.63, 3.8) is 0 Å². The predicted octanol–water partition coefficient (Wildman–Crippen LogP) is 3.01. The zero-order valence-electron chi connectivity index (χ0n) is 9.51. The number of hydrogen-bond donors (Lipinski definition) is 1. The molecule has 2 heteroatoms. The molecule has 0 saturated carbocycles. The molecular formula is C12H18O2. The SMILES string of the molecule is COc1cc(C(C)(C)C)cc(C)c1O. The Morgan fingerprint density at radius 2 is 1.79 bits per heavy atom. The van der Waals surface area contributed by atoms with Gasteiger partial charge in [0.25, 0.3) is 0 Å². The van der Waals surface area contributed by atoms with Crippen molar-refractivity contribution in [2.45, 2.75) is 33.1 Å². The molecule has 0 atom stereocenters. The molecule has 0 saturated heterocycles. The van der Waals surface area contributed by atoms with E-state index in [0.29, 0.717) is 5.75 Å². The van der Waals surface area contributed by atoms with Gasteiger partial charge in [-0.05, 0) is 29.5 Å². The highest BCUT2D eigenvalue weighted by atomic mass is 16.5. The van der Waals surface area contributed by atoms with Gasteiger partial charge in [0.05, 0.1) is 7.11 Å². The topological polar surface area (TPSA) is 29.5 Å². The number of ether oxygens (including phenoxy) is 1. The lowest BCUT2D eigenvalue weighted by atomic mass is 9.86. The molecule has 14 heavy (non-hydrogen) atoms. The third kappa shape index (κ3) is 2.00. The second-order valence-corrected chi connectivity index (χ2v) is 4.59. The molecule has 0 amide bonds. The van der Waals surface area contributed by atoms with Crippen LogP contribution < -0.4 is 4.74 Å². The van der Waals surface area contributed by atoms with Crippen LogP contribution in [-0.4, -0.2) is 12.2 Å². The smallest absolute Gasteiger partial charge is 0.161 e. The zero-order chi connectivity index (χ0) is 10.9. The summed E-state index contributed by atoms with van der Waals surface area (Å²) in [6, 6.07) is 3.89. The third-order valence-electron chi connectivity index (χ3n) is 2.35. The second kappa shape index (κ2) is 3.52. The maximum atomic E-state index is 9.66. The Labute approximate surface area is 85.5 Å². The maximum absolute atomic E-state index is 9.66. The van der Waals surface area contributed by atoms with E-state index in [0.717, 1.165) is 5.56 Å². The fraction of sp³-hybridized carbons (Fsp3) is 0.500. The van der Waals surface area contributed by atoms with E-state index in [1.54, 1.807) is 7.11 Å². The molecule has 0 bridgehead atoms. The summed E-state index contributed by atoms with van der Waals surface area (Å²) in [7, 11) is 1.57.